The lowest BCUT2D eigenvalue weighted by atomic mass is 9.49. The Bertz CT molecular complexity index is 928. The third kappa shape index (κ3) is 3.10. The van der Waals surface area contributed by atoms with Crippen molar-refractivity contribution in [1.82, 2.24) is 9.62 Å². The molecule has 2 heterocycles. The topological polar surface area (TPSA) is 78.8 Å². The van der Waals surface area contributed by atoms with Crippen molar-refractivity contribution in [2.45, 2.75) is 38.5 Å². The molecule has 6 rings (SSSR count). The third-order valence-corrected chi connectivity index (χ3v) is 9.18. The first kappa shape index (κ1) is 18.4. The summed E-state index contributed by atoms with van der Waals surface area (Å²) < 4.78 is 29.7. The molecule has 0 saturated heterocycles. The molecule has 0 radical (unpaired) electrons. The summed E-state index contributed by atoms with van der Waals surface area (Å²) in [6.45, 7) is 0.645. The summed E-state index contributed by atoms with van der Waals surface area (Å²) in [7, 11) is -2.51. The van der Waals surface area contributed by atoms with Crippen LogP contribution in [0.4, 0.5) is 0 Å². The van der Waals surface area contributed by atoms with Gasteiger partial charge in [0.05, 0.1) is 10.6 Å². The Morgan fingerprint density at radius 2 is 1.89 bits per heavy atom. The molecule has 1 aromatic heterocycles. The van der Waals surface area contributed by atoms with Crippen molar-refractivity contribution in [3.8, 4) is 0 Å². The Morgan fingerprint density at radius 3 is 2.46 bits per heavy atom. The van der Waals surface area contributed by atoms with Crippen LogP contribution in [-0.4, -0.2) is 37.9 Å². The van der Waals surface area contributed by atoms with E-state index >= 15 is 0 Å². The second kappa shape index (κ2) is 6.42. The first-order valence-corrected chi connectivity index (χ1v) is 12.2. The van der Waals surface area contributed by atoms with Crippen molar-refractivity contribution in [3.63, 3.8) is 0 Å². The van der Waals surface area contributed by atoms with Crippen LogP contribution in [-0.2, 0) is 15.0 Å². The molecule has 0 atom stereocenters. The Hall–Kier alpha value is -1.67. The van der Waals surface area contributed by atoms with Gasteiger partial charge in [-0.05, 0) is 79.2 Å². The highest BCUT2D eigenvalue weighted by Gasteiger charge is 2.50. The number of carbonyl (C=O) groups excluding carboxylic acids is 1. The number of nitrogens with zero attached hydrogens (tertiary/aromatic N) is 2. The predicted octanol–water partition coefficient (Wildman–Crippen LogP) is 2.94. The number of nitrogens with one attached hydrogen (secondary N) is 1. The minimum Gasteiger partial charge on any atom is -0.350 e. The fourth-order valence-corrected chi connectivity index (χ4v) is 7.82. The number of allylic oxidation sites excluding steroid dienone is 1. The summed E-state index contributed by atoms with van der Waals surface area (Å²) in [5.74, 6) is 2.12. The van der Waals surface area contributed by atoms with Gasteiger partial charge in [0, 0.05) is 13.6 Å². The van der Waals surface area contributed by atoms with Crippen molar-refractivity contribution in [3.05, 3.63) is 34.2 Å². The molecule has 1 amide bonds. The number of hydrogen-bond acceptors (Lipinski definition) is 4. The molecule has 4 fully saturated rings. The fourth-order valence-electron chi connectivity index (χ4n) is 6.17. The first-order valence-electron chi connectivity index (χ1n) is 9.96. The SMILES string of the molecule is CN1C(C(=O)NCC23CC4CC(CC(C4)C2)C3)=CC(c2cccs2)=NS1(=O)=O. The third-order valence-electron chi connectivity index (χ3n) is 6.97. The van der Waals surface area contributed by atoms with E-state index in [0.717, 1.165) is 26.9 Å². The van der Waals surface area contributed by atoms with Gasteiger partial charge in [0.1, 0.15) is 5.70 Å². The molecular formula is C20H25N3O3S2. The fraction of sp³-hybridized carbons (Fsp3) is 0.600. The van der Waals surface area contributed by atoms with Crippen molar-refractivity contribution in [1.29, 1.82) is 0 Å². The lowest BCUT2D eigenvalue weighted by Crippen LogP contribution is -2.52. The van der Waals surface area contributed by atoms with E-state index in [-0.39, 0.29) is 17.0 Å². The molecule has 1 aromatic rings. The van der Waals surface area contributed by atoms with Crippen molar-refractivity contribution in [2.75, 3.05) is 13.6 Å². The quantitative estimate of drug-likeness (QED) is 0.815. The highest BCUT2D eigenvalue weighted by molar-refractivity contribution is 7.88. The lowest BCUT2D eigenvalue weighted by Gasteiger charge is -2.56. The summed E-state index contributed by atoms with van der Waals surface area (Å²) in [6, 6.07) is 3.65. The van der Waals surface area contributed by atoms with Crippen LogP contribution in [0.5, 0.6) is 0 Å². The summed E-state index contributed by atoms with van der Waals surface area (Å²) in [5.41, 5.74) is 0.679. The smallest absolute Gasteiger partial charge is 0.345 e. The summed E-state index contributed by atoms with van der Waals surface area (Å²) in [4.78, 5) is 13.7. The first-order chi connectivity index (χ1) is 13.3. The Kier molecular flexibility index (Phi) is 4.21. The van der Waals surface area contributed by atoms with E-state index in [0.29, 0.717) is 12.3 Å². The van der Waals surface area contributed by atoms with Gasteiger partial charge in [-0.25, -0.2) is 4.31 Å². The van der Waals surface area contributed by atoms with E-state index in [1.54, 1.807) is 6.08 Å². The number of carbonyl (C=O) groups is 1. The maximum atomic E-state index is 13.0. The van der Waals surface area contributed by atoms with Crippen molar-refractivity contribution >= 4 is 33.2 Å². The maximum absolute atomic E-state index is 13.0. The standard InChI is InChI=1S/C20H25N3O3S2/c1-23-17(8-16(22-28(23,25)26)18-3-2-4-27-18)19(24)21-12-20-9-13-5-14(10-20)7-15(6-13)11-20/h2-4,8,13-15H,5-7,9-12H2,1H3,(H,21,24). The molecule has 1 N–H and O–H groups in total. The number of amides is 1. The molecule has 4 saturated carbocycles. The summed E-state index contributed by atoms with van der Waals surface area (Å²) in [5, 5.41) is 4.94. The van der Waals surface area contributed by atoms with Crippen LogP contribution in [0.1, 0.15) is 43.4 Å². The maximum Gasteiger partial charge on any atom is 0.345 e. The predicted molar refractivity (Wildman–Crippen MR) is 109 cm³/mol. The normalized spacial score (nSPS) is 35.5. The molecule has 4 aliphatic carbocycles. The molecule has 6 nitrogen and oxygen atoms in total. The molecule has 0 unspecified atom stereocenters. The zero-order valence-electron chi connectivity index (χ0n) is 15.9. The van der Waals surface area contributed by atoms with Crippen molar-refractivity contribution < 1.29 is 13.2 Å². The molecule has 0 aromatic carbocycles. The van der Waals surface area contributed by atoms with Gasteiger partial charge in [-0.2, -0.15) is 8.42 Å². The lowest BCUT2D eigenvalue weighted by molar-refractivity contribution is -0.120. The number of rotatable bonds is 4. The van der Waals surface area contributed by atoms with E-state index in [1.807, 2.05) is 17.5 Å². The van der Waals surface area contributed by atoms with E-state index < -0.39 is 10.2 Å². The molecular weight excluding hydrogens is 394 g/mol. The van der Waals surface area contributed by atoms with Crippen LogP contribution >= 0.6 is 11.3 Å². The van der Waals surface area contributed by atoms with Crippen LogP contribution in [0.25, 0.3) is 0 Å². The van der Waals surface area contributed by atoms with E-state index in [9.17, 15) is 13.2 Å². The average molecular weight is 420 g/mol. The van der Waals surface area contributed by atoms with Gasteiger partial charge in [0.2, 0.25) is 0 Å². The van der Waals surface area contributed by atoms with Crippen LogP contribution in [0.3, 0.4) is 0 Å². The second-order valence-corrected chi connectivity index (χ2v) is 11.6. The number of hydrogen-bond donors (Lipinski definition) is 1. The molecule has 1 aliphatic heterocycles. The highest BCUT2D eigenvalue weighted by atomic mass is 32.2. The Balaban J connectivity index is 1.35. The second-order valence-electron chi connectivity index (χ2n) is 9.03. The van der Waals surface area contributed by atoms with E-state index in [4.69, 9.17) is 0 Å². The minimum atomic E-state index is -3.90. The average Bonchev–Trinajstić information content (AvgIpc) is 3.15. The highest BCUT2D eigenvalue weighted by Crippen LogP contribution is 2.59. The Morgan fingerprint density at radius 1 is 1.25 bits per heavy atom. The zero-order valence-corrected chi connectivity index (χ0v) is 17.6. The monoisotopic (exact) mass is 419 g/mol. The van der Waals surface area contributed by atoms with E-state index in [2.05, 4.69) is 9.71 Å². The minimum absolute atomic E-state index is 0.142. The summed E-state index contributed by atoms with van der Waals surface area (Å²) >= 11 is 1.41. The number of likely N-dealkylation sites (N-methyl/N-ethyl adjacent to an activating group) is 1. The van der Waals surface area contributed by atoms with Gasteiger partial charge in [0.15, 0.2) is 0 Å². The molecule has 8 heteroatoms. The van der Waals surface area contributed by atoms with Gasteiger partial charge in [-0.15, -0.1) is 15.7 Å². The number of thiophene rings is 1. The van der Waals surface area contributed by atoms with Gasteiger partial charge < -0.3 is 5.32 Å². The van der Waals surface area contributed by atoms with Crippen LogP contribution in [0.2, 0.25) is 0 Å². The zero-order chi connectivity index (χ0) is 19.5. The molecule has 5 aliphatic rings. The van der Waals surface area contributed by atoms with Gasteiger partial charge in [-0.1, -0.05) is 6.07 Å². The summed E-state index contributed by atoms with van der Waals surface area (Å²) in [6.07, 6.45) is 9.28. The van der Waals surface area contributed by atoms with Gasteiger partial charge in [0.25, 0.3) is 5.91 Å². The molecule has 4 bridgehead atoms. The largest absolute Gasteiger partial charge is 0.350 e. The van der Waals surface area contributed by atoms with Crippen LogP contribution < -0.4 is 5.32 Å². The van der Waals surface area contributed by atoms with Gasteiger partial charge in [-0.3, -0.25) is 4.79 Å². The van der Waals surface area contributed by atoms with Crippen LogP contribution in [0.15, 0.2) is 33.7 Å². The van der Waals surface area contributed by atoms with Gasteiger partial charge >= 0.3 is 10.2 Å². The molecule has 150 valence electrons. The molecule has 28 heavy (non-hydrogen) atoms. The van der Waals surface area contributed by atoms with Crippen molar-refractivity contribution in [2.24, 2.45) is 27.6 Å². The molecule has 0 spiro atoms. The van der Waals surface area contributed by atoms with E-state index in [1.165, 1.54) is 56.9 Å². The van der Waals surface area contributed by atoms with Crippen LogP contribution in [0, 0.1) is 23.2 Å². The Labute approximate surface area is 169 Å².